The van der Waals surface area contributed by atoms with Crippen LogP contribution >= 0.6 is 0 Å². The Morgan fingerprint density at radius 3 is 2.50 bits per heavy atom. The van der Waals surface area contributed by atoms with Crippen molar-refractivity contribution < 1.29 is 4.79 Å². The van der Waals surface area contributed by atoms with E-state index in [1.165, 1.54) is 25.7 Å². The minimum absolute atomic E-state index is 0.194. The Bertz CT molecular complexity index is 174. The molecule has 2 rings (SSSR count). The number of carbonyl (C=O) groups is 1. The highest BCUT2D eigenvalue weighted by molar-refractivity contribution is 5.90. The van der Waals surface area contributed by atoms with Gasteiger partial charge in [-0.15, -0.1) is 0 Å². The first-order valence-electron chi connectivity index (χ1n) is 4.29. The number of carbonyl (C=O) groups excluding carboxylic acids is 1. The summed E-state index contributed by atoms with van der Waals surface area (Å²) in [4.78, 5) is 11.3. The fourth-order valence-corrected chi connectivity index (χ4v) is 2.58. The summed E-state index contributed by atoms with van der Waals surface area (Å²) in [6, 6.07) is 0. The lowest BCUT2D eigenvalue weighted by molar-refractivity contribution is -0.140. The van der Waals surface area contributed by atoms with Crippen LogP contribution in [0.1, 0.15) is 39.0 Å². The van der Waals surface area contributed by atoms with Crippen LogP contribution in [-0.2, 0) is 4.79 Å². The van der Waals surface area contributed by atoms with Gasteiger partial charge >= 0.3 is 0 Å². The van der Waals surface area contributed by atoms with Crippen molar-refractivity contribution in [1.29, 1.82) is 0 Å². The van der Waals surface area contributed by atoms with Crippen molar-refractivity contribution in [3.05, 3.63) is 0 Å². The maximum atomic E-state index is 11.3. The van der Waals surface area contributed by atoms with E-state index in [4.69, 9.17) is 0 Å². The predicted molar refractivity (Wildman–Crippen MR) is 39.7 cm³/mol. The monoisotopic (exact) mass is 138 g/mol. The van der Waals surface area contributed by atoms with Gasteiger partial charge in [0.05, 0.1) is 0 Å². The molecule has 0 unspecified atom stereocenters. The number of ketones is 1. The average molecular weight is 138 g/mol. The van der Waals surface area contributed by atoms with Crippen molar-refractivity contribution >= 4 is 5.78 Å². The van der Waals surface area contributed by atoms with Crippen molar-refractivity contribution in [2.24, 2.45) is 11.3 Å². The van der Waals surface area contributed by atoms with Crippen LogP contribution in [0.3, 0.4) is 0 Å². The molecule has 0 N–H and O–H groups in total. The molecule has 0 saturated heterocycles. The highest BCUT2D eigenvalue weighted by Crippen LogP contribution is 2.53. The predicted octanol–water partition coefficient (Wildman–Crippen LogP) is 2.16. The minimum atomic E-state index is 0.194. The maximum Gasteiger partial charge on any atom is 0.139 e. The van der Waals surface area contributed by atoms with Gasteiger partial charge in [-0.3, -0.25) is 4.79 Å². The summed E-state index contributed by atoms with van der Waals surface area (Å²) in [7, 11) is 0. The van der Waals surface area contributed by atoms with Gasteiger partial charge in [0.2, 0.25) is 0 Å². The third-order valence-electron chi connectivity index (χ3n) is 3.56. The van der Waals surface area contributed by atoms with Gasteiger partial charge in [0.25, 0.3) is 0 Å². The van der Waals surface area contributed by atoms with Crippen molar-refractivity contribution in [2.75, 3.05) is 0 Å². The van der Waals surface area contributed by atoms with Gasteiger partial charge in [-0.25, -0.2) is 0 Å². The van der Waals surface area contributed by atoms with Crippen LogP contribution in [0, 0.1) is 11.3 Å². The molecule has 0 aromatic carbocycles. The first kappa shape index (κ1) is 6.38. The van der Waals surface area contributed by atoms with Crippen LogP contribution in [0.25, 0.3) is 0 Å². The molecule has 56 valence electrons. The van der Waals surface area contributed by atoms with Gasteiger partial charge in [-0.05, 0) is 25.2 Å². The molecule has 0 aromatic heterocycles. The second kappa shape index (κ2) is 1.84. The Morgan fingerprint density at radius 1 is 1.50 bits per heavy atom. The quantitative estimate of drug-likeness (QED) is 0.501. The lowest BCUT2D eigenvalue weighted by Crippen LogP contribution is -2.42. The summed E-state index contributed by atoms with van der Waals surface area (Å²) in [5.74, 6) is 1.24. The average Bonchev–Trinajstić information content (AvgIpc) is 2.30. The molecular formula is C9H14O. The second-order valence-electron chi connectivity index (χ2n) is 3.87. The van der Waals surface area contributed by atoms with Gasteiger partial charge in [0, 0.05) is 11.8 Å². The van der Waals surface area contributed by atoms with Gasteiger partial charge in [-0.1, -0.05) is 13.3 Å². The molecule has 0 radical (unpaired) electrons. The van der Waals surface area contributed by atoms with Crippen molar-refractivity contribution in [3.8, 4) is 0 Å². The van der Waals surface area contributed by atoms with Crippen LogP contribution in [0.4, 0.5) is 0 Å². The summed E-state index contributed by atoms with van der Waals surface area (Å²) in [5, 5.41) is 0. The third kappa shape index (κ3) is 0.561. The Balaban J connectivity index is 2.21. The van der Waals surface area contributed by atoms with Gasteiger partial charge < -0.3 is 0 Å². The molecule has 0 heterocycles. The second-order valence-corrected chi connectivity index (χ2v) is 3.87. The van der Waals surface area contributed by atoms with E-state index in [0.29, 0.717) is 11.7 Å². The standard InChI is InChI=1S/C9H14O/c1-7-3-2-5-9(7)6-4-8(9)10/h7H,2-6H2,1H3/t7-,9-/m1/s1. The zero-order chi connectivity index (χ0) is 7.19. The first-order chi connectivity index (χ1) is 4.76. The Morgan fingerprint density at radius 2 is 2.30 bits per heavy atom. The smallest absolute Gasteiger partial charge is 0.139 e. The minimum Gasteiger partial charge on any atom is -0.299 e. The first-order valence-corrected chi connectivity index (χ1v) is 4.29. The Hall–Kier alpha value is -0.330. The van der Waals surface area contributed by atoms with Gasteiger partial charge in [-0.2, -0.15) is 0 Å². The molecular weight excluding hydrogens is 124 g/mol. The van der Waals surface area contributed by atoms with Crippen LogP contribution in [0.5, 0.6) is 0 Å². The number of rotatable bonds is 0. The molecule has 2 fully saturated rings. The SMILES string of the molecule is C[C@@H]1CCC[C@@]12CCC2=O. The normalized spacial score (nSPS) is 46.1. The summed E-state index contributed by atoms with van der Waals surface area (Å²) in [6.45, 7) is 2.24. The van der Waals surface area contributed by atoms with Crippen LogP contribution in [-0.4, -0.2) is 5.78 Å². The van der Waals surface area contributed by atoms with Gasteiger partial charge in [0.15, 0.2) is 0 Å². The zero-order valence-corrected chi connectivity index (χ0v) is 6.52. The van der Waals surface area contributed by atoms with E-state index in [2.05, 4.69) is 6.92 Å². The van der Waals surface area contributed by atoms with E-state index >= 15 is 0 Å². The topological polar surface area (TPSA) is 17.1 Å². The molecule has 1 heteroatoms. The molecule has 1 spiro atoms. The lowest BCUT2D eigenvalue weighted by Gasteiger charge is -2.40. The molecule has 0 aliphatic heterocycles. The fraction of sp³-hybridized carbons (Fsp3) is 0.889. The summed E-state index contributed by atoms with van der Waals surface area (Å²) < 4.78 is 0. The molecule has 0 aromatic rings. The third-order valence-corrected chi connectivity index (χ3v) is 3.56. The summed E-state index contributed by atoms with van der Waals surface area (Å²) >= 11 is 0. The molecule has 0 amide bonds. The van der Waals surface area contributed by atoms with Crippen molar-refractivity contribution in [3.63, 3.8) is 0 Å². The molecule has 10 heavy (non-hydrogen) atoms. The highest BCUT2D eigenvalue weighted by atomic mass is 16.1. The highest BCUT2D eigenvalue weighted by Gasteiger charge is 2.51. The molecule has 2 saturated carbocycles. The largest absolute Gasteiger partial charge is 0.299 e. The Labute approximate surface area is 61.8 Å². The van der Waals surface area contributed by atoms with Crippen LogP contribution in [0.2, 0.25) is 0 Å². The molecule has 2 aliphatic carbocycles. The lowest BCUT2D eigenvalue weighted by atomic mass is 9.62. The summed E-state index contributed by atoms with van der Waals surface area (Å²) in [6.07, 6.45) is 5.81. The van der Waals surface area contributed by atoms with Crippen LogP contribution in [0.15, 0.2) is 0 Å². The number of Topliss-reactive ketones (excluding diaryl/α,β-unsaturated/α-hetero) is 1. The fourth-order valence-electron chi connectivity index (χ4n) is 2.58. The van der Waals surface area contributed by atoms with Crippen molar-refractivity contribution in [2.45, 2.75) is 39.0 Å². The molecule has 1 nitrogen and oxygen atoms in total. The number of hydrogen-bond acceptors (Lipinski definition) is 1. The molecule has 2 aliphatic rings. The van der Waals surface area contributed by atoms with E-state index in [1.54, 1.807) is 0 Å². The number of hydrogen-bond donors (Lipinski definition) is 0. The molecule has 2 atom stereocenters. The zero-order valence-electron chi connectivity index (χ0n) is 6.52. The summed E-state index contributed by atoms with van der Waals surface area (Å²) in [5.41, 5.74) is 0.194. The van der Waals surface area contributed by atoms with Gasteiger partial charge in [0.1, 0.15) is 5.78 Å². The van der Waals surface area contributed by atoms with E-state index in [-0.39, 0.29) is 5.41 Å². The Kier molecular flexibility index (Phi) is 1.17. The van der Waals surface area contributed by atoms with E-state index < -0.39 is 0 Å². The van der Waals surface area contributed by atoms with Crippen molar-refractivity contribution in [1.82, 2.24) is 0 Å². The van der Waals surface area contributed by atoms with Crippen LogP contribution < -0.4 is 0 Å². The van der Waals surface area contributed by atoms with E-state index in [9.17, 15) is 4.79 Å². The molecule has 0 bridgehead atoms. The maximum absolute atomic E-state index is 11.3. The van der Waals surface area contributed by atoms with E-state index in [1.807, 2.05) is 0 Å². The van der Waals surface area contributed by atoms with E-state index in [0.717, 1.165) is 6.42 Å².